The van der Waals surface area contributed by atoms with Gasteiger partial charge in [0.1, 0.15) is 0 Å². The van der Waals surface area contributed by atoms with E-state index in [4.69, 9.17) is 0 Å². The van der Waals surface area contributed by atoms with Gasteiger partial charge in [-0.2, -0.15) is 0 Å². The first-order valence-electron chi connectivity index (χ1n) is 3.70. The average molecular weight is 271 g/mol. The van der Waals surface area contributed by atoms with Gasteiger partial charge in [0.15, 0.2) is 0 Å². The third-order valence-corrected chi connectivity index (χ3v) is 2.04. The van der Waals surface area contributed by atoms with E-state index in [0.29, 0.717) is 0 Å². The van der Waals surface area contributed by atoms with Crippen LogP contribution in [0.2, 0.25) is 0 Å². The zero-order chi connectivity index (χ0) is 8.81. The first kappa shape index (κ1) is 9.45. The maximum Gasteiger partial charge on any atom is 0.0373 e. The number of aryl methyl sites for hydroxylation is 1. The normalized spacial score (nSPS) is 8.83. The second-order valence-electron chi connectivity index (χ2n) is 2.38. The molecule has 0 aliphatic carbocycles. The number of nitrogens with zero attached hydrogens (tertiary/aromatic N) is 1. The first-order valence-corrected chi connectivity index (χ1v) is 4.78. The summed E-state index contributed by atoms with van der Waals surface area (Å²) >= 11 is 2.28. The molecule has 0 aromatic carbocycles. The Labute approximate surface area is 86.3 Å². The Balaban J connectivity index is 3.21. The van der Waals surface area contributed by atoms with Crippen LogP contribution in [0.15, 0.2) is 42.6 Å². The molecule has 1 nitrogen and oxygen atoms in total. The van der Waals surface area contributed by atoms with Crippen LogP contribution in [0.25, 0.3) is 0 Å². The molecule has 0 amide bonds. The van der Waals surface area contributed by atoms with E-state index < -0.39 is 0 Å². The quantitative estimate of drug-likeness (QED) is 0.661. The number of hydrogen-bond donors (Lipinski definition) is 0. The molecule has 1 heterocycles. The molecule has 0 fully saturated rings. The average Bonchev–Trinajstić information content (AvgIpc) is 2.07. The lowest BCUT2D eigenvalue weighted by molar-refractivity contribution is 1.22. The predicted octanol–water partition coefficient (Wildman–Crippen LogP) is 3.12. The van der Waals surface area contributed by atoms with Gasteiger partial charge in [-0.05, 0) is 53.8 Å². The van der Waals surface area contributed by atoms with Gasteiger partial charge in [0.2, 0.25) is 0 Å². The maximum absolute atomic E-state index is 4.19. The molecule has 1 rings (SSSR count). The topological polar surface area (TPSA) is 12.9 Å². The Morgan fingerprint density at radius 3 is 2.75 bits per heavy atom. The second-order valence-corrected chi connectivity index (χ2v) is 3.63. The molecule has 0 atom stereocenters. The molecule has 1 aromatic rings. The highest BCUT2D eigenvalue weighted by atomic mass is 127. The SMILES string of the molecule is Cc1ccc(I)cccccn1. The van der Waals surface area contributed by atoms with Crippen LogP contribution in [0, 0.1) is 10.5 Å². The first-order chi connectivity index (χ1) is 5.79. The van der Waals surface area contributed by atoms with Crippen LogP contribution in [0.4, 0.5) is 0 Å². The summed E-state index contributed by atoms with van der Waals surface area (Å²) in [4.78, 5) is 4.19. The van der Waals surface area contributed by atoms with E-state index in [1.54, 1.807) is 6.20 Å². The van der Waals surface area contributed by atoms with Crippen molar-refractivity contribution in [2.45, 2.75) is 6.92 Å². The molecule has 0 saturated carbocycles. The van der Waals surface area contributed by atoms with E-state index in [9.17, 15) is 0 Å². The van der Waals surface area contributed by atoms with Crippen LogP contribution >= 0.6 is 22.6 Å². The second kappa shape index (κ2) is 5.09. The number of halogens is 1. The van der Waals surface area contributed by atoms with Crippen molar-refractivity contribution in [2.24, 2.45) is 0 Å². The highest BCUT2D eigenvalue weighted by Gasteiger charge is 1.77. The van der Waals surface area contributed by atoms with E-state index in [1.807, 2.05) is 37.3 Å². The lowest BCUT2D eigenvalue weighted by Crippen LogP contribution is -1.71. The van der Waals surface area contributed by atoms with Crippen molar-refractivity contribution in [3.8, 4) is 0 Å². The zero-order valence-corrected chi connectivity index (χ0v) is 9.02. The monoisotopic (exact) mass is 271 g/mol. The summed E-state index contributed by atoms with van der Waals surface area (Å²) in [6, 6.07) is 12.0. The van der Waals surface area contributed by atoms with Crippen molar-refractivity contribution in [1.29, 1.82) is 0 Å². The molecular formula is C10H10IN. The smallest absolute Gasteiger partial charge is 0.0373 e. The maximum atomic E-state index is 4.19. The summed E-state index contributed by atoms with van der Waals surface area (Å²) in [5, 5.41) is 0. The van der Waals surface area contributed by atoms with Gasteiger partial charge >= 0.3 is 0 Å². The summed E-state index contributed by atoms with van der Waals surface area (Å²) in [5.74, 6) is 0. The summed E-state index contributed by atoms with van der Waals surface area (Å²) in [6.07, 6.45) is 1.79. The van der Waals surface area contributed by atoms with E-state index in [1.165, 1.54) is 3.57 Å². The van der Waals surface area contributed by atoms with E-state index in [2.05, 4.69) is 33.6 Å². The van der Waals surface area contributed by atoms with Crippen LogP contribution in [0.5, 0.6) is 0 Å². The largest absolute Gasteiger partial charge is 0.262 e. The summed E-state index contributed by atoms with van der Waals surface area (Å²) in [6.45, 7) is 1.98. The van der Waals surface area contributed by atoms with E-state index in [0.717, 1.165) is 5.69 Å². The lowest BCUT2D eigenvalue weighted by Gasteiger charge is -1.83. The summed E-state index contributed by atoms with van der Waals surface area (Å²) in [7, 11) is 0. The number of rotatable bonds is 0. The zero-order valence-electron chi connectivity index (χ0n) is 6.87. The molecule has 0 unspecified atom stereocenters. The van der Waals surface area contributed by atoms with Crippen molar-refractivity contribution < 1.29 is 0 Å². The number of hydrogen-bond acceptors (Lipinski definition) is 1. The molecule has 1 aromatic heterocycles. The van der Waals surface area contributed by atoms with Gasteiger partial charge in [0.25, 0.3) is 0 Å². The minimum atomic E-state index is 1.02. The molecule has 0 bridgehead atoms. The van der Waals surface area contributed by atoms with Crippen molar-refractivity contribution in [3.05, 3.63) is 51.9 Å². The molecule has 0 spiro atoms. The van der Waals surface area contributed by atoms with Crippen LogP contribution < -0.4 is 0 Å². The lowest BCUT2D eigenvalue weighted by atomic mass is 10.4. The molecule has 62 valence electrons. The third kappa shape index (κ3) is 3.67. The molecule has 0 aliphatic rings. The van der Waals surface area contributed by atoms with Crippen LogP contribution in [0.1, 0.15) is 5.69 Å². The van der Waals surface area contributed by atoms with Gasteiger partial charge in [0, 0.05) is 15.5 Å². The highest BCUT2D eigenvalue weighted by molar-refractivity contribution is 14.1. The fourth-order valence-electron chi connectivity index (χ4n) is 0.721. The van der Waals surface area contributed by atoms with E-state index in [-0.39, 0.29) is 0 Å². The van der Waals surface area contributed by atoms with E-state index >= 15 is 0 Å². The Morgan fingerprint density at radius 2 is 1.92 bits per heavy atom. The number of aromatic nitrogens is 1. The van der Waals surface area contributed by atoms with Gasteiger partial charge < -0.3 is 0 Å². The van der Waals surface area contributed by atoms with Crippen molar-refractivity contribution in [2.75, 3.05) is 0 Å². The fourth-order valence-corrected chi connectivity index (χ4v) is 1.11. The fraction of sp³-hybridized carbons (Fsp3) is 0.100. The van der Waals surface area contributed by atoms with Crippen molar-refractivity contribution in [1.82, 2.24) is 4.98 Å². The summed E-state index contributed by atoms with van der Waals surface area (Å²) < 4.78 is 1.20. The molecule has 0 aliphatic heterocycles. The molecular weight excluding hydrogens is 261 g/mol. The molecule has 2 heteroatoms. The van der Waals surface area contributed by atoms with Crippen LogP contribution in [0.3, 0.4) is 0 Å². The minimum Gasteiger partial charge on any atom is -0.262 e. The molecule has 0 saturated heterocycles. The molecule has 0 radical (unpaired) electrons. The Morgan fingerprint density at radius 1 is 1.08 bits per heavy atom. The van der Waals surface area contributed by atoms with Crippen molar-refractivity contribution >= 4 is 22.6 Å². The molecule has 0 N–H and O–H groups in total. The Kier molecular flexibility index (Phi) is 4.00. The van der Waals surface area contributed by atoms with Gasteiger partial charge in [-0.15, -0.1) is 0 Å². The highest BCUT2D eigenvalue weighted by Crippen LogP contribution is 1.99. The van der Waals surface area contributed by atoms with Gasteiger partial charge in [0.05, 0.1) is 0 Å². The predicted molar refractivity (Wildman–Crippen MR) is 59.3 cm³/mol. The van der Waals surface area contributed by atoms with Crippen LogP contribution in [-0.4, -0.2) is 4.98 Å². The van der Waals surface area contributed by atoms with Gasteiger partial charge in [-0.1, -0.05) is 12.1 Å². The summed E-state index contributed by atoms with van der Waals surface area (Å²) in [5.41, 5.74) is 1.02. The minimum absolute atomic E-state index is 1.02. The molecule has 12 heavy (non-hydrogen) atoms. The standard InChI is InChI=1S/C10H10IN/c1-9-6-7-10(11)5-3-2-4-8-12-9/h2-8H,1H3. The Hall–Kier alpha value is -0.640. The van der Waals surface area contributed by atoms with Gasteiger partial charge in [-0.25, -0.2) is 0 Å². The van der Waals surface area contributed by atoms with Crippen molar-refractivity contribution in [3.63, 3.8) is 0 Å². The Bertz CT molecular complexity index is 277. The third-order valence-electron chi connectivity index (χ3n) is 1.33. The van der Waals surface area contributed by atoms with Gasteiger partial charge in [-0.3, -0.25) is 4.98 Å². The van der Waals surface area contributed by atoms with Crippen LogP contribution in [-0.2, 0) is 0 Å².